The summed E-state index contributed by atoms with van der Waals surface area (Å²) in [7, 11) is 0. The van der Waals surface area contributed by atoms with Gasteiger partial charge in [0.05, 0.1) is 5.92 Å². The van der Waals surface area contributed by atoms with Crippen LogP contribution in [0.5, 0.6) is 0 Å². The van der Waals surface area contributed by atoms with Gasteiger partial charge in [-0.2, -0.15) is 0 Å². The summed E-state index contributed by atoms with van der Waals surface area (Å²) >= 11 is 0. The van der Waals surface area contributed by atoms with Gasteiger partial charge in [-0.3, -0.25) is 14.4 Å². The molecule has 1 fully saturated rings. The number of hydrogen-bond donors (Lipinski definition) is 1. The highest BCUT2D eigenvalue weighted by Crippen LogP contribution is 2.18. The number of nitrogens with zero attached hydrogens (tertiary/aromatic N) is 1. The van der Waals surface area contributed by atoms with Crippen molar-refractivity contribution in [1.29, 1.82) is 0 Å². The van der Waals surface area contributed by atoms with Gasteiger partial charge in [-0.25, -0.2) is 0 Å². The first kappa shape index (κ1) is 16.2. The van der Waals surface area contributed by atoms with E-state index < -0.39 is 11.9 Å². The molecule has 1 aromatic carbocycles. The lowest BCUT2D eigenvalue weighted by Crippen LogP contribution is -2.30. The number of Topliss-reactive ketones (excluding diaryl/α,β-unsaturated/α-hetero) is 1. The van der Waals surface area contributed by atoms with Crippen LogP contribution < -0.4 is 0 Å². The summed E-state index contributed by atoms with van der Waals surface area (Å²) in [6, 6.07) is 7.43. The lowest BCUT2D eigenvalue weighted by Gasteiger charge is -2.15. The standard InChI is InChI=1S/C17H21NO4/c1-2-12-3-5-13(6-4-12)15(19)7-8-16(20)18-10-9-14(11-18)17(21)22/h3-6,14H,2,7-11H2,1H3,(H,21,22). The summed E-state index contributed by atoms with van der Waals surface area (Å²) in [4.78, 5) is 36.5. The molecule has 1 saturated heterocycles. The Kier molecular flexibility index (Phi) is 5.31. The summed E-state index contributed by atoms with van der Waals surface area (Å²) < 4.78 is 0. The van der Waals surface area contributed by atoms with Crippen molar-refractivity contribution < 1.29 is 19.5 Å². The predicted molar refractivity (Wildman–Crippen MR) is 81.7 cm³/mol. The van der Waals surface area contributed by atoms with Crippen molar-refractivity contribution in [3.05, 3.63) is 35.4 Å². The maximum absolute atomic E-state index is 12.1. The smallest absolute Gasteiger partial charge is 0.308 e. The minimum Gasteiger partial charge on any atom is -0.481 e. The van der Waals surface area contributed by atoms with E-state index in [1.165, 1.54) is 5.56 Å². The van der Waals surface area contributed by atoms with Crippen molar-refractivity contribution in [3.8, 4) is 0 Å². The lowest BCUT2D eigenvalue weighted by molar-refractivity contribution is -0.141. The van der Waals surface area contributed by atoms with E-state index in [0.29, 0.717) is 18.5 Å². The molecule has 22 heavy (non-hydrogen) atoms. The van der Waals surface area contributed by atoms with E-state index in [1.807, 2.05) is 12.1 Å². The van der Waals surface area contributed by atoms with Crippen LogP contribution >= 0.6 is 0 Å². The maximum Gasteiger partial charge on any atom is 0.308 e. The lowest BCUT2D eigenvalue weighted by atomic mass is 10.0. The number of carboxylic acids is 1. The van der Waals surface area contributed by atoms with Crippen LogP contribution in [0.1, 0.15) is 42.1 Å². The molecule has 1 aromatic rings. The third-order valence-electron chi connectivity index (χ3n) is 4.14. The van der Waals surface area contributed by atoms with Crippen LogP contribution in [0.4, 0.5) is 0 Å². The molecule has 1 unspecified atom stereocenters. The first-order valence-corrected chi connectivity index (χ1v) is 7.64. The van der Waals surface area contributed by atoms with Crippen LogP contribution in [0, 0.1) is 5.92 Å². The van der Waals surface area contributed by atoms with E-state index in [0.717, 1.165) is 6.42 Å². The SMILES string of the molecule is CCc1ccc(C(=O)CCC(=O)N2CCC(C(=O)O)C2)cc1. The molecule has 5 heteroatoms. The third-order valence-corrected chi connectivity index (χ3v) is 4.14. The average molecular weight is 303 g/mol. The third kappa shape index (κ3) is 3.93. The molecule has 1 aliphatic heterocycles. The fourth-order valence-corrected chi connectivity index (χ4v) is 2.64. The van der Waals surface area contributed by atoms with Crippen LogP contribution in [0.2, 0.25) is 0 Å². The Hall–Kier alpha value is -2.17. The number of rotatable bonds is 6. The number of amides is 1. The van der Waals surface area contributed by atoms with Gasteiger partial charge in [0.1, 0.15) is 0 Å². The fraction of sp³-hybridized carbons (Fsp3) is 0.471. The van der Waals surface area contributed by atoms with E-state index in [4.69, 9.17) is 5.11 Å². The van der Waals surface area contributed by atoms with Crippen molar-refractivity contribution in [1.82, 2.24) is 4.90 Å². The number of aliphatic carboxylic acids is 1. The van der Waals surface area contributed by atoms with Crippen molar-refractivity contribution >= 4 is 17.7 Å². The van der Waals surface area contributed by atoms with E-state index in [9.17, 15) is 14.4 Å². The summed E-state index contributed by atoms with van der Waals surface area (Å²) in [6.07, 6.45) is 1.72. The molecule has 118 valence electrons. The zero-order valence-electron chi connectivity index (χ0n) is 12.7. The molecule has 1 aliphatic rings. The fourth-order valence-electron chi connectivity index (χ4n) is 2.64. The molecule has 0 radical (unpaired) electrons. The molecule has 1 amide bonds. The molecule has 1 N–H and O–H groups in total. The highest BCUT2D eigenvalue weighted by atomic mass is 16.4. The van der Waals surface area contributed by atoms with Gasteiger partial charge in [-0.1, -0.05) is 31.2 Å². The zero-order chi connectivity index (χ0) is 16.1. The Labute approximate surface area is 129 Å². The number of aryl methyl sites for hydroxylation is 1. The first-order chi connectivity index (χ1) is 10.5. The normalized spacial score (nSPS) is 17.5. The van der Waals surface area contributed by atoms with Crippen molar-refractivity contribution in [2.75, 3.05) is 13.1 Å². The molecule has 1 heterocycles. The van der Waals surface area contributed by atoms with Crippen LogP contribution in [0.3, 0.4) is 0 Å². The molecule has 0 spiro atoms. The molecule has 1 atom stereocenters. The monoisotopic (exact) mass is 303 g/mol. The number of ketones is 1. The Bertz CT molecular complexity index is 565. The quantitative estimate of drug-likeness (QED) is 0.817. The second-order valence-electron chi connectivity index (χ2n) is 5.64. The van der Waals surface area contributed by atoms with Crippen molar-refractivity contribution in [3.63, 3.8) is 0 Å². The van der Waals surface area contributed by atoms with E-state index in [2.05, 4.69) is 6.92 Å². The number of likely N-dealkylation sites (tertiary alicyclic amines) is 1. The Balaban J connectivity index is 1.83. The molecule has 0 saturated carbocycles. The summed E-state index contributed by atoms with van der Waals surface area (Å²) in [6.45, 7) is 2.78. The van der Waals surface area contributed by atoms with Gasteiger partial charge in [-0.05, 0) is 18.4 Å². The van der Waals surface area contributed by atoms with Gasteiger partial charge in [0.15, 0.2) is 5.78 Å². The van der Waals surface area contributed by atoms with Gasteiger partial charge >= 0.3 is 5.97 Å². The minimum absolute atomic E-state index is 0.0509. The summed E-state index contributed by atoms with van der Waals surface area (Å²) in [5.41, 5.74) is 1.79. The second kappa shape index (κ2) is 7.20. The molecular formula is C17H21NO4. The Morgan fingerprint density at radius 2 is 1.86 bits per heavy atom. The van der Waals surface area contributed by atoms with Crippen LogP contribution in [0.15, 0.2) is 24.3 Å². The molecular weight excluding hydrogens is 282 g/mol. The highest BCUT2D eigenvalue weighted by Gasteiger charge is 2.30. The molecule has 5 nitrogen and oxygen atoms in total. The Morgan fingerprint density at radius 1 is 1.18 bits per heavy atom. The van der Waals surface area contributed by atoms with Crippen molar-refractivity contribution in [2.45, 2.75) is 32.6 Å². The number of benzene rings is 1. The van der Waals surface area contributed by atoms with E-state index in [-0.39, 0.29) is 31.1 Å². The first-order valence-electron chi connectivity index (χ1n) is 7.64. The van der Waals surface area contributed by atoms with Gasteiger partial charge < -0.3 is 10.0 Å². The number of carboxylic acid groups (broad SMARTS) is 1. The maximum atomic E-state index is 12.1. The molecule has 0 aromatic heterocycles. The van der Waals surface area contributed by atoms with Crippen LogP contribution in [-0.2, 0) is 16.0 Å². The molecule has 0 aliphatic carbocycles. The van der Waals surface area contributed by atoms with Gasteiger partial charge in [0, 0.05) is 31.5 Å². The molecule has 0 bridgehead atoms. The number of hydrogen-bond acceptors (Lipinski definition) is 3. The van der Waals surface area contributed by atoms with Gasteiger partial charge in [0.2, 0.25) is 5.91 Å². The van der Waals surface area contributed by atoms with Gasteiger partial charge in [-0.15, -0.1) is 0 Å². The second-order valence-corrected chi connectivity index (χ2v) is 5.64. The topological polar surface area (TPSA) is 74.7 Å². The average Bonchev–Trinajstić information content (AvgIpc) is 3.02. The summed E-state index contributed by atoms with van der Waals surface area (Å²) in [5.74, 6) is -1.52. The van der Waals surface area contributed by atoms with Crippen LogP contribution in [-0.4, -0.2) is 40.8 Å². The van der Waals surface area contributed by atoms with Crippen LogP contribution in [0.25, 0.3) is 0 Å². The summed E-state index contributed by atoms with van der Waals surface area (Å²) in [5, 5.41) is 8.93. The minimum atomic E-state index is -0.859. The van der Waals surface area contributed by atoms with E-state index >= 15 is 0 Å². The molecule has 2 rings (SSSR count). The predicted octanol–water partition coefficient (Wildman–Crippen LogP) is 2.15. The van der Waals surface area contributed by atoms with Gasteiger partial charge in [0.25, 0.3) is 0 Å². The highest BCUT2D eigenvalue weighted by molar-refractivity contribution is 5.98. The van der Waals surface area contributed by atoms with Crippen molar-refractivity contribution in [2.24, 2.45) is 5.92 Å². The number of carbonyl (C=O) groups is 3. The largest absolute Gasteiger partial charge is 0.481 e. The zero-order valence-corrected chi connectivity index (χ0v) is 12.7. The number of carbonyl (C=O) groups excluding carboxylic acids is 2. The Morgan fingerprint density at radius 3 is 2.41 bits per heavy atom. The van der Waals surface area contributed by atoms with E-state index in [1.54, 1.807) is 17.0 Å².